The molecule has 3 heterocycles. The Labute approximate surface area is 188 Å². The molecule has 176 valence electrons. The molecule has 0 radical (unpaired) electrons. The number of aromatic nitrogens is 4. The van der Waals surface area contributed by atoms with Gasteiger partial charge in [0, 0.05) is 39.0 Å². The minimum atomic E-state index is -4.58. The van der Waals surface area contributed by atoms with E-state index in [2.05, 4.69) is 15.0 Å². The van der Waals surface area contributed by atoms with Crippen LogP contribution < -0.4 is 4.90 Å². The van der Waals surface area contributed by atoms with Crippen LogP contribution in [0.2, 0.25) is 0 Å². The molecule has 3 aromatic rings. The summed E-state index contributed by atoms with van der Waals surface area (Å²) in [6.45, 7) is 0.996. The number of amides is 1. The number of aliphatic hydroxyl groups is 1. The van der Waals surface area contributed by atoms with Crippen LogP contribution in [-0.2, 0) is 17.5 Å². The highest BCUT2D eigenvalue weighted by molar-refractivity contribution is 5.77. The number of aryl methyl sites for hydroxylation is 1. The average Bonchev–Trinajstić information content (AvgIpc) is 3.35. The number of imidazole rings is 1. The molecule has 1 unspecified atom stereocenters. The van der Waals surface area contributed by atoms with Crippen molar-refractivity contribution in [3.05, 3.63) is 48.5 Å². The number of hydrogen-bond donors (Lipinski definition) is 1. The third kappa shape index (κ3) is 5.08. The zero-order valence-electron chi connectivity index (χ0n) is 18.2. The van der Waals surface area contributed by atoms with E-state index >= 15 is 0 Å². The molecule has 8 nitrogen and oxygen atoms in total. The van der Waals surface area contributed by atoms with Gasteiger partial charge < -0.3 is 19.5 Å². The van der Waals surface area contributed by atoms with Crippen LogP contribution in [0.1, 0.15) is 25.1 Å². The predicted molar refractivity (Wildman–Crippen MR) is 115 cm³/mol. The summed E-state index contributed by atoms with van der Waals surface area (Å²) in [4.78, 5) is 28.0. The largest absolute Gasteiger partial charge is 0.449 e. The summed E-state index contributed by atoms with van der Waals surface area (Å²) in [7, 11) is 1.59. The van der Waals surface area contributed by atoms with Gasteiger partial charge in [0.2, 0.25) is 17.7 Å². The first-order chi connectivity index (χ1) is 15.7. The molecule has 0 bridgehead atoms. The maximum atomic E-state index is 13.4. The van der Waals surface area contributed by atoms with E-state index in [1.165, 1.54) is 11.0 Å². The highest BCUT2D eigenvalue weighted by Gasteiger charge is 2.39. The molecule has 1 atom stereocenters. The van der Waals surface area contributed by atoms with Crippen molar-refractivity contribution in [2.75, 3.05) is 31.6 Å². The molecular weight excluding hydrogens is 437 g/mol. The standard InChI is InChI=1S/C22H25F3N6O2/c1-29(14-21(33)9-13-30(15-21)20-26-10-5-11-27-20)18(32)8-4-12-31-17-7-3-2-6-16(17)28-19(31)22(23,24)25/h2-3,5-7,10-11,33H,4,8-9,12-15H2,1H3. The molecule has 0 spiro atoms. The number of carbonyl (C=O) groups is 1. The number of hydrogen-bond acceptors (Lipinski definition) is 6. The Hall–Kier alpha value is -3.21. The smallest absolute Gasteiger partial charge is 0.386 e. The summed E-state index contributed by atoms with van der Waals surface area (Å²) in [5.41, 5.74) is -0.453. The first kappa shape index (κ1) is 23.0. The number of anilines is 1. The van der Waals surface area contributed by atoms with Crippen molar-refractivity contribution in [3.63, 3.8) is 0 Å². The van der Waals surface area contributed by atoms with E-state index < -0.39 is 17.6 Å². The van der Waals surface area contributed by atoms with Crippen LogP contribution in [0.5, 0.6) is 0 Å². The van der Waals surface area contributed by atoms with Crippen LogP contribution in [0.4, 0.5) is 19.1 Å². The normalized spacial score (nSPS) is 18.8. The Morgan fingerprint density at radius 3 is 2.67 bits per heavy atom. The van der Waals surface area contributed by atoms with E-state index in [1.807, 2.05) is 4.90 Å². The number of halogens is 3. The number of likely N-dealkylation sites (N-methyl/N-ethyl adjacent to an activating group) is 1. The summed E-state index contributed by atoms with van der Waals surface area (Å²) >= 11 is 0. The van der Waals surface area contributed by atoms with Crippen molar-refractivity contribution in [1.82, 2.24) is 24.4 Å². The first-order valence-corrected chi connectivity index (χ1v) is 10.7. The summed E-state index contributed by atoms with van der Waals surface area (Å²) in [5, 5.41) is 10.9. The molecule has 1 aliphatic heterocycles. The summed E-state index contributed by atoms with van der Waals surface area (Å²) < 4.78 is 41.4. The van der Waals surface area contributed by atoms with Crippen molar-refractivity contribution in [1.29, 1.82) is 0 Å². The quantitative estimate of drug-likeness (QED) is 0.581. The minimum absolute atomic E-state index is 0.0122. The highest BCUT2D eigenvalue weighted by Crippen LogP contribution is 2.32. The second-order valence-electron chi connectivity index (χ2n) is 8.37. The number of carbonyl (C=O) groups excluding carboxylic acids is 1. The van der Waals surface area contributed by atoms with Crippen LogP contribution in [-0.4, -0.2) is 67.7 Å². The molecule has 11 heteroatoms. The number of β-amino-alcohol motifs (C(OH)–C–C–N with tert-alkyl or cyclic N) is 1. The van der Waals surface area contributed by atoms with E-state index in [0.29, 0.717) is 31.0 Å². The number of para-hydroxylation sites is 2. The zero-order valence-corrected chi connectivity index (χ0v) is 18.2. The molecule has 1 N–H and O–H groups in total. The van der Waals surface area contributed by atoms with E-state index in [-0.39, 0.29) is 37.4 Å². The van der Waals surface area contributed by atoms with E-state index in [1.54, 1.807) is 43.7 Å². The fraction of sp³-hybridized carbons (Fsp3) is 0.455. The molecule has 4 rings (SSSR count). The Morgan fingerprint density at radius 1 is 1.21 bits per heavy atom. The highest BCUT2D eigenvalue weighted by atomic mass is 19.4. The topological polar surface area (TPSA) is 87.4 Å². The van der Waals surface area contributed by atoms with Gasteiger partial charge in [0.05, 0.1) is 24.1 Å². The van der Waals surface area contributed by atoms with Gasteiger partial charge in [0.15, 0.2) is 0 Å². The van der Waals surface area contributed by atoms with Crippen molar-refractivity contribution in [2.24, 2.45) is 0 Å². The summed E-state index contributed by atoms with van der Waals surface area (Å²) in [5.74, 6) is -0.681. The fourth-order valence-electron chi connectivity index (χ4n) is 4.24. The molecule has 2 aromatic heterocycles. The van der Waals surface area contributed by atoms with Gasteiger partial charge in [-0.1, -0.05) is 12.1 Å². The van der Waals surface area contributed by atoms with Gasteiger partial charge in [-0.25, -0.2) is 15.0 Å². The third-order valence-corrected chi connectivity index (χ3v) is 5.80. The Bertz CT molecular complexity index is 1120. The first-order valence-electron chi connectivity index (χ1n) is 10.7. The molecule has 1 fully saturated rings. The predicted octanol–water partition coefficient (Wildman–Crippen LogP) is 2.73. The lowest BCUT2D eigenvalue weighted by Crippen LogP contribution is -2.46. The van der Waals surface area contributed by atoms with Gasteiger partial charge in [-0.15, -0.1) is 0 Å². The van der Waals surface area contributed by atoms with Crippen LogP contribution in [0.25, 0.3) is 11.0 Å². The van der Waals surface area contributed by atoms with Crippen LogP contribution >= 0.6 is 0 Å². The molecule has 1 saturated heterocycles. The Balaban J connectivity index is 1.34. The Morgan fingerprint density at radius 2 is 1.94 bits per heavy atom. The maximum absolute atomic E-state index is 13.4. The molecular formula is C22H25F3N6O2. The SMILES string of the molecule is CN(CC1(O)CCN(c2ncccn2)C1)C(=O)CCCn1c(C(F)(F)F)nc2ccccc21. The van der Waals surface area contributed by atoms with Crippen molar-refractivity contribution in [3.8, 4) is 0 Å². The minimum Gasteiger partial charge on any atom is -0.386 e. The summed E-state index contributed by atoms with van der Waals surface area (Å²) in [6.07, 6.45) is -0.596. The van der Waals surface area contributed by atoms with E-state index in [0.717, 1.165) is 4.57 Å². The lowest BCUT2D eigenvalue weighted by atomic mass is 10.0. The average molecular weight is 462 g/mol. The Kier molecular flexibility index (Phi) is 6.24. The van der Waals surface area contributed by atoms with Crippen LogP contribution in [0.15, 0.2) is 42.7 Å². The molecule has 1 amide bonds. The molecule has 0 aliphatic carbocycles. The summed E-state index contributed by atoms with van der Waals surface area (Å²) in [6, 6.07) is 8.13. The van der Waals surface area contributed by atoms with Gasteiger partial charge in [-0.05, 0) is 31.0 Å². The lowest BCUT2D eigenvalue weighted by Gasteiger charge is -2.29. The number of nitrogens with zero attached hydrogens (tertiary/aromatic N) is 6. The van der Waals surface area contributed by atoms with Gasteiger partial charge in [0.25, 0.3) is 0 Å². The van der Waals surface area contributed by atoms with Crippen LogP contribution in [0.3, 0.4) is 0 Å². The monoisotopic (exact) mass is 462 g/mol. The molecule has 1 aromatic carbocycles. The second kappa shape index (κ2) is 8.97. The molecule has 33 heavy (non-hydrogen) atoms. The second-order valence-corrected chi connectivity index (χ2v) is 8.37. The van der Waals surface area contributed by atoms with Gasteiger partial charge in [0.1, 0.15) is 5.60 Å². The van der Waals surface area contributed by atoms with Crippen molar-refractivity contribution >= 4 is 22.9 Å². The van der Waals surface area contributed by atoms with E-state index in [9.17, 15) is 23.1 Å². The van der Waals surface area contributed by atoms with Crippen molar-refractivity contribution in [2.45, 2.75) is 37.6 Å². The number of rotatable bonds is 7. The van der Waals surface area contributed by atoms with Gasteiger partial charge >= 0.3 is 6.18 Å². The molecule has 1 aliphatic rings. The van der Waals surface area contributed by atoms with Gasteiger partial charge in [-0.2, -0.15) is 13.2 Å². The maximum Gasteiger partial charge on any atom is 0.449 e. The number of fused-ring (bicyclic) bond motifs is 1. The third-order valence-electron chi connectivity index (χ3n) is 5.80. The van der Waals surface area contributed by atoms with E-state index in [4.69, 9.17) is 0 Å². The molecule has 0 saturated carbocycles. The fourth-order valence-corrected chi connectivity index (χ4v) is 4.24. The number of alkyl halides is 3. The number of benzene rings is 1. The van der Waals surface area contributed by atoms with Crippen molar-refractivity contribution < 1.29 is 23.1 Å². The lowest BCUT2D eigenvalue weighted by molar-refractivity contribution is -0.147. The zero-order chi connectivity index (χ0) is 23.6. The van der Waals surface area contributed by atoms with Gasteiger partial charge in [-0.3, -0.25) is 4.79 Å². The van der Waals surface area contributed by atoms with Crippen LogP contribution in [0, 0.1) is 0 Å².